The van der Waals surface area contributed by atoms with Gasteiger partial charge in [-0.05, 0) is 12.1 Å². The fraction of sp³-hybridized carbons (Fsp3) is 0.111. The van der Waals surface area contributed by atoms with Crippen LogP contribution in [0.4, 0.5) is 5.69 Å². The number of nitrogen functional groups attached to an aromatic ring is 1. The highest BCUT2D eigenvalue weighted by Gasteiger charge is 2.15. The number of carbonyl (C=O) groups is 2. The summed E-state index contributed by atoms with van der Waals surface area (Å²) in [4.78, 5) is 31.5. The predicted molar refractivity (Wildman–Crippen MR) is 55.2 cm³/mol. The van der Waals surface area contributed by atoms with Gasteiger partial charge in [-0.25, -0.2) is 0 Å². The Morgan fingerprint density at radius 3 is 2.56 bits per heavy atom. The van der Waals surface area contributed by atoms with Crippen LogP contribution in [0.25, 0.3) is 0 Å². The molecule has 0 bridgehead atoms. The zero-order valence-corrected chi connectivity index (χ0v) is 8.17. The van der Waals surface area contributed by atoms with Gasteiger partial charge in [0.1, 0.15) is 0 Å². The first kappa shape index (κ1) is 11.6. The fourth-order valence-corrected chi connectivity index (χ4v) is 1.05. The van der Waals surface area contributed by atoms with E-state index < -0.39 is 23.3 Å². The molecule has 0 heterocycles. The lowest BCUT2D eigenvalue weighted by Gasteiger charge is -2.03. The summed E-state index contributed by atoms with van der Waals surface area (Å²) in [6.07, 6.45) is 0. The smallest absolute Gasteiger partial charge is 0.298 e. The molecular weight excluding hydrogens is 214 g/mol. The van der Waals surface area contributed by atoms with E-state index in [1.165, 1.54) is 12.1 Å². The van der Waals surface area contributed by atoms with Crippen molar-refractivity contribution in [2.45, 2.75) is 0 Å². The highest BCUT2D eigenvalue weighted by molar-refractivity contribution is 6.07. The quantitative estimate of drug-likeness (QED) is 0.418. The molecule has 1 aromatic rings. The van der Waals surface area contributed by atoms with Crippen LogP contribution in [0.15, 0.2) is 24.3 Å². The van der Waals surface area contributed by atoms with Crippen LogP contribution in [0.3, 0.4) is 0 Å². The third-order valence-corrected chi connectivity index (χ3v) is 1.73. The van der Waals surface area contributed by atoms with Gasteiger partial charge in [-0.15, -0.1) is 0 Å². The second-order valence-corrected chi connectivity index (χ2v) is 2.96. The van der Waals surface area contributed by atoms with E-state index in [2.05, 4.69) is 0 Å². The molecule has 0 aliphatic heterocycles. The normalized spacial score (nSPS) is 9.50. The minimum Gasteiger partial charge on any atom is -0.398 e. The number of hydrogen-bond acceptors (Lipinski definition) is 5. The lowest BCUT2D eigenvalue weighted by molar-refractivity contribution is -0.467. The van der Waals surface area contributed by atoms with E-state index in [-0.39, 0.29) is 11.3 Å². The second kappa shape index (κ2) is 4.87. The number of hydrogen-bond donors (Lipinski definition) is 2. The van der Waals surface area contributed by atoms with E-state index in [1.807, 2.05) is 5.32 Å². The highest BCUT2D eigenvalue weighted by Crippen LogP contribution is 2.09. The number of nitrogens with one attached hydrogen (secondary N) is 1. The van der Waals surface area contributed by atoms with E-state index in [0.717, 1.165) is 0 Å². The number of nitrogens with two attached hydrogens (primary N) is 1. The summed E-state index contributed by atoms with van der Waals surface area (Å²) >= 11 is 0. The van der Waals surface area contributed by atoms with Crippen molar-refractivity contribution >= 4 is 17.5 Å². The number of amides is 2. The van der Waals surface area contributed by atoms with Crippen LogP contribution in [0.1, 0.15) is 10.4 Å². The fourth-order valence-electron chi connectivity index (χ4n) is 1.05. The summed E-state index contributed by atoms with van der Waals surface area (Å²) < 4.78 is 0. The summed E-state index contributed by atoms with van der Waals surface area (Å²) in [7, 11) is 0. The van der Waals surface area contributed by atoms with E-state index >= 15 is 0 Å². The molecule has 7 nitrogen and oxygen atoms in total. The number of benzene rings is 1. The molecule has 16 heavy (non-hydrogen) atoms. The SMILES string of the molecule is Nc1ccccc1C(=O)NC(=O)C[N+](=O)[O-]. The molecule has 1 rings (SSSR count). The Balaban J connectivity index is 2.70. The molecule has 0 spiro atoms. The van der Waals surface area contributed by atoms with Crippen LogP contribution >= 0.6 is 0 Å². The maximum absolute atomic E-state index is 11.4. The number of rotatable bonds is 3. The molecule has 0 aliphatic rings. The van der Waals surface area contributed by atoms with Gasteiger partial charge >= 0.3 is 0 Å². The molecule has 1 aromatic carbocycles. The average molecular weight is 223 g/mol. The molecular formula is C9H9N3O4. The summed E-state index contributed by atoms with van der Waals surface area (Å²) in [6.45, 7) is -0.946. The molecule has 0 aliphatic carbocycles. The summed E-state index contributed by atoms with van der Waals surface area (Å²) in [6, 6.07) is 6.12. The predicted octanol–water partition coefficient (Wildman–Crippen LogP) is -0.198. The molecule has 0 fully saturated rings. The van der Waals surface area contributed by atoms with Crippen LogP contribution < -0.4 is 11.1 Å². The lowest BCUT2D eigenvalue weighted by Crippen LogP contribution is -2.35. The van der Waals surface area contributed by atoms with Crippen LogP contribution in [0.2, 0.25) is 0 Å². The van der Waals surface area contributed by atoms with Crippen molar-refractivity contribution in [3.05, 3.63) is 39.9 Å². The Labute approximate surface area is 90.4 Å². The minimum atomic E-state index is -0.974. The van der Waals surface area contributed by atoms with E-state index in [1.54, 1.807) is 12.1 Å². The Morgan fingerprint density at radius 2 is 2.00 bits per heavy atom. The number of nitro groups is 1. The lowest BCUT2D eigenvalue weighted by atomic mass is 10.1. The zero-order chi connectivity index (χ0) is 12.1. The molecule has 0 aromatic heterocycles. The number of imide groups is 1. The van der Waals surface area contributed by atoms with Crippen molar-refractivity contribution < 1.29 is 14.5 Å². The molecule has 3 N–H and O–H groups in total. The van der Waals surface area contributed by atoms with Gasteiger partial charge in [0, 0.05) is 10.6 Å². The standard InChI is InChI=1S/C9H9N3O4/c10-7-4-2-1-3-6(7)9(14)11-8(13)5-12(15)16/h1-4H,5,10H2,(H,11,13,14). The summed E-state index contributed by atoms with van der Waals surface area (Å²) in [5.41, 5.74) is 5.81. The molecule has 0 saturated carbocycles. The number of para-hydroxylation sites is 1. The van der Waals surface area contributed by atoms with Crippen molar-refractivity contribution in [3.63, 3.8) is 0 Å². The van der Waals surface area contributed by atoms with E-state index in [9.17, 15) is 19.7 Å². The van der Waals surface area contributed by atoms with Crippen molar-refractivity contribution in [1.82, 2.24) is 5.32 Å². The summed E-state index contributed by atoms with van der Waals surface area (Å²) in [5.74, 6) is -1.72. The van der Waals surface area contributed by atoms with Gasteiger partial charge in [-0.1, -0.05) is 12.1 Å². The third kappa shape index (κ3) is 3.05. The molecule has 84 valence electrons. The molecule has 2 amide bonds. The van der Waals surface area contributed by atoms with Crippen LogP contribution in [-0.2, 0) is 4.79 Å². The van der Waals surface area contributed by atoms with Gasteiger partial charge in [0.15, 0.2) is 0 Å². The highest BCUT2D eigenvalue weighted by atomic mass is 16.6. The van der Waals surface area contributed by atoms with Gasteiger partial charge in [0.05, 0.1) is 5.56 Å². The number of carbonyl (C=O) groups excluding carboxylic acids is 2. The van der Waals surface area contributed by atoms with Gasteiger partial charge in [-0.3, -0.25) is 25.0 Å². The number of nitrogens with zero attached hydrogens (tertiary/aromatic N) is 1. The van der Waals surface area contributed by atoms with Crippen molar-refractivity contribution in [1.29, 1.82) is 0 Å². The monoisotopic (exact) mass is 223 g/mol. The first-order valence-electron chi connectivity index (χ1n) is 4.31. The zero-order valence-electron chi connectivity index (χ0n) is 8.17. The van der Waals surface area contributed by atoms with Gasteiger partial charge < -0.3 is 5.73 Å². The van der Waals surface area contributed by atoms with Gasteiger partial charge in [0.25, 0.3) is 18.4 Å². The largest absolute Gasteiger partial charge is 0.398 e. The van der Waals surface area contributed by atoms with Crippen LogP contribution in [0.5, 0.6) is 0 Å². The van der Waals surface area contributed by atoms with Crippen LogP contribution in [-0.4, -0.2) is 23.3 Å². The van der Waals surface area contributed by atoms with E-state index in [4.69, 9.17) is 5.73 Å². The second-order valence-electron chi connectivity index (χ2n) is 2.96. The van der Waals surface area contributed by atoms with Gasteiger partial charge in [-0.2, -0.15) is 0 Å². The minimum absolute atomic E-state index is 0.110. The number of anilines is 1. The summed E-state index contributed by atoms with van der Waals surface area (Å²) in [5, 5.41) is 11.9. The molecule has 0 radical (unpaired) electrons. The first-order chi connectivity index (χ1) is 7.50. The van der Waals surface area contributed by atoms with Gasteiger partial charge in [0.2, 0.25) is 0 Å². The van der Waals surface area contributed by atoms with Crippen molar-refractivity contribution in [3.8, 4) is 0 Å². The maximum atomic E-state index is 11.4. The maximum Gasteiger partial charge on any atom is 0.298 e. The Hall–Kier alpha value is -2.44. The third-order valence-electron chi connectivity index (χ3n) is 1.73. The first-order valence-corrected chi connectivity index (χ1v) is 4.31. The molecule has 0 atom stereocenters. The molecule has 0 unspecified atom stereocenters. The van der Waals surface area contributed by atoms with Crippen molar-refractivity contribution in [2.75, 3.05) is 12.3 Å². The van der Waals surface area contributed by atoms with Crippen LogP contribution in [0, 0.1) is 10.1 Å². The Morgan fingerprint density at radius 1 is 1.38 bits per heavy atom. The molecule has 0 saturated heterocycles. The molecule has 7 heteroatoms. The topological polar surface area (TPSA) is 115 Å². The Kier molecular flexibility index (Phi) is 3.54. The average Bonchev–Trinajstić information content (AvgIpc) is 2.16. The van der Waals surface area contributed by atoms with E-state index in [0.29, 0.717) is 0 Å². The Bertz CT molecular complexity index is 444. The van der Waals surface area contributed by atoms with Crippen molar-refractivity contribution in [2.24, 2.45) is 0 Å².